The Balaban J connectivity index is 2.83. The Kier molecular flexibility index (Phi) is 1.58. The van der Waals surface area contributed by atoms with Gasteiger partial charge in [-0.05, 0) is 37.9 Å². The SMILES string of the molecule is Brc1nc2sc(Br)cc2[nH]1. The fourth-order valence-corrected chi connectivity index (χ4v) is 2.67. The van der Waals surface area contributed by atoms with E-state index in [1.54, 1.807) is 11.3 Å². The molecule has 2 heterocycles. The van der Waals surface area contributed by atoms with Gasteiger partial charge in [-0.15, -0.1) is 11.3 Å². The minimum Gasteiger partial charge on any atom is -0.332 e. The van der Waals surface area contributed by atoms with Crippen LogP contribution in [-0.2, 0) is 0 Å². The lowest BCUT2D eigenvalue weighted by Crippen LogP contribution is -1.61. The highest BCUT2D eigenvalue weighted by Gasteiger charge is 2.02. The van der Waals surface area contributed by atoms with Crippen LogP contribution in [0.2, 0.25) is 0 Å². The molecule has 0 aromatic carbocycles. The van der Waals surface area contributed by atoms with Crippen molar-refractivity contribution in [2.24, 2.45) is 0 Å². The molecule has 2 aromatic rings. The zero-order valence-electron chi connectivity index (χ0n) is 4.69. The van der Waals surface area contributed by atoms with E-state index in [-0.39, 0.29) is 0 Å². The highest BCUT2D eigenvalue weighted by molar-refractivity contribution is 9.11. The number of rotatable bonds is 0. The molecule has 0 spiro atoms. The largest absolute Gasteiger partial charge is 0.332 e. The van der Waals surface area contributed by atoms with Crippen LogP contribution in [0, 0.1) is 0 Å². The topological polar surface area (TPSA) is 28.7 Å². The van der Waals surface area contributed by atoms with Gasteiger partial charge < -0.3 is 4.98 Å². The summed E-state index contributed by atoms with van der Waals surface area (Å²) in [5.41, 5.74) is 1.07. The van der Waals surface area contributed by atoms with Crippen molar-refractivity contribution >= 4 is 53.5 Å². The maximum atomic E-state index is 4.18. The van der Waals surface area contributed by atoms with E-state index < -0.39 is 0 Å². The van der Waals surface area contributed by atoms with Gasteiger partial charge in [0.2, 0.25) is 0 Å². The quantitative estimate of drug-likeness (QED) is 0.790. The number of thiophene rings is 1. The molecule has 0 saturated heterocycles. The number of hydrogen-bond acceptors (Lipinski definition) is 2. The number of aromatic amines is 1. The second-order valence-corrected chi connectivity index (χ2v) is 4.96. The lowest BCUT2D eigenvalue weighted by molar-refractivity contribution is 1.27. The number of H-pyrrole nitrogens is 1. The molecule has 5 heteroatoms. The monoisotopic (exact) mass is 280 g/mol. The Morgan fingerprint density at radius 3 is 3.00 bits per heavy atom. The molecule has 0 amide bonds. The zero-order chi connectivity index (χ0) is 7.14. The summed E-state index contributed by atoms with van der Waals surface area (Å²) in [7, 11) is 0. The van der Waals surface area contributed by atoms with Crippen LogP contribution in [0.5, 0.6) is 0 Å². The molecule has 1 N–H and O–H groups in total. The van der Waals surface area contributed by atoms with Crippen LogP contribution in [0.3, 0.4) is 0 Å². The third-order valence-corrected chi connectivity index (χ3v) is 3.03. The Morgan fingerprint density at radius 2 is 2.30 bits per heavy atom. The van der Waals surface area contributed by atoms with E-state index in [1.165, 1.54) is 0 Å². The van der Waals surface area contributed by atoms with Gasteiger partial charge in [-0.3, -0.25) is 0 Å². The Labute approximate surface area is 77.9 Å². The van der Waals surface area contributed by atoms with E-state index in [0.717, 1.165) is 18.9 Å². The molecule has 0 radical (unpaired) electrons. The number of nitrogens with one attached hydrogen (secondary N) is 1. The Hall–Kier alpha value is 0.130. The van der Waals surface area contributed by atoms with Gasteiger partial charge in [0.05, 0.1) is 9.30 Å². The normalized spacial score (nSPS) is 11.0. The average Bonchev–Trinajstić information content (AvgIpc) is 2.21. The maximum Gasteiger partial charge on any atom is 0.176 e. The summed E-state index contributed by atoms with van der Waals surface area (Å²) in [5, 5.41) is 0. The third kappa shape index (κ3) is 1.02. The van der Waals surface area contributed by atoms with Gasteiger partial charge in [-0.1, -0.05) is 0 Å². The van der Waals surface area contributed by atoms with Gasteiger partial charge in [0.1, 0.15) is 4.83 Å². The first-order chi connectivity index (χ1) is 4.75. The highest BCUT2D eigenvalue weighted by Crippen LogP contribution is 2.28. The lowest BCUT2D eigenvalue weighted by Gasteiger charge is -1.73. The molecule has 0 atom stereocenters. The smallest absolute Gasteiger partial charge is 0.176 e. The van der Waals surface area contributed by atoms with Crippen molar-refractivity contribution in [1.29, 1.82) is 0 Å². The minimum atomic E-state index is 0.793. The molecular weight excluding hydrogens is 280 g/mol. The maximum absolute atomic E-state index is 4.18. The first-order valence-corrected chi connectivity index (χ1v) is 4.96. The van der Waals surface area contributed by atoms with Crippen molar-refractivity contribution in [3.05, 3.63) is 14.6 Å². The Bertz CT molecular complexity index is 301. The second kappa shape index (κ2) is 2.32. The lowest BCUT2D eigenvalue weighted by atomic mass is 10.6. The van der Waals surface area contributed by atoms with Gasteiger partial charge in [-0.2, -0.15) is 0 Å². The van der Waals surface area contributed by atoms with Gasteiger partial charge in [0.15, 0.2) is 4.73 Å². The van der Waals surface area contributed by atoms with E-state index in [9.17, 15) is 0 Å². The number of fused-ring (bicyclic) bond motifs is 1. The molecule has 0 unspecified atom stereocenters. The van der Waals surface area contributed by atoms with Crippen molar-refractivity contribution in [3.8, 4) is 0 Å². The summed E-state index contributed by atoms with van der Waals surface area (Å²) in [6.45, 7) is 0. The first-order valence-electron chi connectivity index (χ1n) is 2.56. The molecule has 0 saturated carbocycles. The average molecular weight is 282 g/mol. The summed E-state index contributed by atoms with van der Waals surface area (Å²) in [4.78, 5) is 8.28. The van der Waals surface area contributed by atoms with Gasteiger partial charge in [-0.25, -0.2) is 4.98 Å². The number of aromatic nitrogens is 2. The van der Waals surface area contributed by atoms with Crippen molar-refractivity contribution in [1.82, 2.24) is 9.97 Å². The van der Waals surface area contributed by atoms with Crippen molar-refractivity contribution < 1.29 is 0 Å². The van der Waals surface area contributed by atoms with Crippen LogP contribution >= 0.6 is 43.2 Å². The van der Waals surface area contributed by atoms with E-state index in [2.05, 4.69) is 41.8 Å². The molecule has 52 valence electrons. The summed E-state index contributed by atoms with van der Waals surface area (Å²) in [6.07, 6.45) is 0. The zero-order valence-corrected chi connectivity index (χ0v) is 8.68. The standard InChI is InChI=1S/C5H2Br2N2S/c6-3-1-2-4(10-3)9-5(7)8-2/h1H,(H,8,9). The minimum absolute atomic E-state index is 0.793. The molecule has 2 aromatic heterocycles. The fourth-order valence-electron chi connectivity index (χ4n) is 0.753. The molecule has 0 aliphatic heterocycles. The molecular formula is C5H2Br2N2S. The fraction of sp³-hybridized carbons (Fsp3) is 0. The van der Waals surface area contributed by atoms with Crippen molar-refractivity contribution in [2.45, 2.75) is 0 Å². The van der Waals surface area contributed by atoms with Crippen LogP contribution in [0.4, 0.5) is 0 Å². The van der Waals surface area contributed by atoms with Crippen LogP contribution in [-0.4, -0.2) is 9.97 Å². The molecule has 10 heavy (non-hydrogen) atoms. The molecule has 2 rings (SSSR count). The van der Waals surface area contributed by atoms with Gasteiger partial charge in [0.25, 0.3) is 0 Å². The summed E-state index contributed by atoms with van der Waals surface area (Å²) >= 11 is 8.24. The predicted octanol–water partition coefficient (Wildman–Crippen LogP) is 3.15. The summed E-state index contributed by atoms with van der Waals surface area (Å²) < 4.78 is 1.90. The number of imidazole rings is 1. The van der Waals surface area contributed by atoms with Crippen LogP contribution < -0.4 is 0 Å². The molecule has 0 aliphatic rings. The first kappa shape index (κ1) is 6.82. The van der Waals surface area contributed by atoms with E-state index in [0.29, 0.717) is 0 Å². The number of halogens is 2. The predicted molar refractivity (Wildman–Crippen MR) is 49.4 cm³/mol. The molecule has 0 aliphatic carbocycles. The number of nitrogens with zero attached hydrogens (tertiary/aromatic N) is 1. The van der Waals surface area contributed by atoms with Crippen LogP contribution in [0.15, 0.2) is 14.6 Å². The number of hydrogen-bond donors (Lipinski definition) is 1. The molecule has 0 bridgehead atoms. The van der Waals surface area contributed by atoms with E-state index >= 15 is 0 Å². The van der Waals surface area contributed by atoms with Crippen molar-refractivity contribution in [2.75, 3.05) is 0 Å². The van der Waals surface area contributed by atoms with Gasteiger partial charge >= 0.3 is 0 Å². The molecule has 0 fully saturated rings. The highest BCUT2D eigenvalue weighted by atomic mass is 79.9. The van der Waals surface area contributed by atoms with Gasteiger partial charge in [0, 0.05) is 0 Å². The second-order valence-electron chi connectivity index (χ2n) is 1.80. The Morgan fingerprint density at radius 1 is 1.50 bits per heavy atom. The summed E-state index contributed by atoms with van der Waals surface area (Å²) in [6, 6.07) is 2.01. The summed E-state index contributed by atoms with van der Waals surface area (Å²) in [5.74, 6) is 0. The third-order valence-electron chi connectivity index (χ3n) is 1.12. The van der Waals surface area contributed by atoms with Crippen molar-refractivity contribution in [3.63, 3.8) is 0 Å². The molecule has 2 nitrogen and oxygen atoms in total. The van der Waals surface area contributed by atoms with E-state index in [4.69, 9.17) is 0 Å². The van der Waals surface area contributed by atoms with E-state index in [1.807, 2.05) is 6.07 Å². The van der Waals surface area contributed by atoms with Crippen LogP contribution in [0.25, 0.3) is 10.3 Å². The van der Waals surface area contributed by atoms with Crippen LogP contribution in [0.1, 0.15) is 0 Å².